The molecule has 0 heterocycles. The molecule has 0 radical (unpaired) electrons. The molecule has 0 saturated carbocycles. The summed E-state index contributed by atoms with van der Waals surface area (Å²) in [6.07, 6.45) is 5.02. The number of benzene rings is 1. The third-order valence-electron chi connectivity index (χ3n) is 1.89. The van der Waals surface area contributed by atoms with Crippen LogP contribution in [0.3, 0.4) is 0 Å². The van der Waals surface area contributed by atoms with Crippen LogP contribution in [0.5, 0.6) is 0 Å². The van der Waals surface area contributed by atoms with E-state index < -0.39 is 5.76 Å². The highest BCUT2D eigenvalue weighted by molar-refractivity contribution is 7.99. The number of carbonyl (C=O) groups is 1. The fourth-order valence-corrected chi connectivity index (χ4v) is 1.81. The van der Waals surface area contributed by atoms with Crippen molar-refractivity contribution in [1.29, 1.82) is 0 Å². The average Bonchev–Trinajstić information content (AvgIpc) is 2.31. The second kappa shape index (κ2) is 7.69. The number of anilines is 1. The Morgan fingerprint density at radius 1 is 1.44 bits per heavy atom. The fraction of sp³-hybridized carbons (Fsp3) is 0.250. The van der Waals surface area contributed by atoms with Gasteiger partial charge in [0.25, 0.3) is 5.76 Å². The van der Waals surface area contributed by atoms with Crippen LogP contribution < -0.4 is 10.6 Å². The number of terminal acetylenes is 1. The molecule has 18 heavy (non-hydrogen) atoms. The molecular formula is C12H12F2N2OS. The average molecular weight is 270 g/mol. The van der Waals surface area contributed by atoms with Gasteiger partial charge in [0, 0.05) is 4.90 Å². The van der Waals surface area contributed by atoms with Crippen LogP contribution in [0.2, 0.25) is 0 Å². The van der Waals surface area contributed by atoms with E-state index in [-0.39, 0.29) is 19.0 Å². The van der Waals surface area contributed by atoms with Gasteiger partial charge in [-0.25, -0.2) is 0 Å². The Morgan fingerprint density at radius 2 is 2.17 bits per heavy atom. The largest absolute Gasteiger partial charge is 0.324 e. The van der Waals surface area contributed by atoms with Crippen molar-refractivity contribution in [2.75, 3.05) is 18.4 Å². The minimum atomic E-state index is -2.53. The van der Waals surface area contributed by atoms with E-state index in [1.807, 2.05) is 0 Å². The fourth-order valence-electron chi connectivity index (χ4n) is 1.21. The molecule has 1 amide bonds. The number of amides is 1. The van der Waals surface area contributed by atoms with E-state index in [0.717, 1.165) is 0 Å². The predicted molar refractivity (Wildman–Crippen MR) is 68.6 cm³/mol. The third-order valence-corrected chi connectivity index (χ3v) is 2.68. The standard InChI is InChI=1S/C12H12F2N2OS/c1-2-7-15-8-11(17)16-9-5-3-4-6-10(9)18-12(13)14/h1,3-6,12,15H,7-8H2,(H,16,17). The predicted octanol–water partition coefficient (Wildman–Crippen LogP) is 2.16. The SMILES string of the molecule is C#CCNCC(=O)Nc1ccccc1SC(F)F. The van der Waals surface area contributed by atoms with Crippen LogP contribution in [0.4, 0.5) is 14.5 Å². The number of nitrogens with one attached hydrogen (secondary N) is 2. The molecule has 1 aromatic rings. The Hall–Kier alpha value is -1.58. The number of rotatable bonds is 6. The van der Waals surface area contributed by atoms with Crippen LogP contribution in [0.25, 0.3) is 0 Å². The number of hydrogen-bond donors (Lipinski definition) is 2. The van der Waals surface area contributed by atoms with Crippen molar-refractivity contribution in [3.05, 3.63) is 24.3 Å². The molecule has 0 aliphatic rings. The second-order valence-corrected chi connectivity index (χ2v) is 4.26. The minimum absolute atomic E-state index is 0.0396. The van der Waals surface area contributed by atoms with Crippen molar-refractivity contribution in [3.8, 4) is 12.3 Å². The van der Waals surface area contributed by atoms with Gasteiger partial charge in [-0.05, 0) is 12.1 Å². The van der Waals surface area contributed by atoms with Gasteiger partial charge in [-0.1, -0.05) is 29.8 Å². The lowest BCUT2D eigenvalue weighted by Gasteiger charge is -2.10. The van der Waals surface area contributed by atoms with E-state index in [0.29, 0.717) is 22.3 Å². The normalized spacial score (nSPS) is 10.1. The van der Waals surface area contributed by atoms with Gasteiger partial charge in [0.2, 0.25) is 5.91 Å². The Morgan fingerprint density at radius 3 is 2.83 bits per heavy atom. The van der Waals surface area contributed by atoms with Gasteiger partial charge in [-0.2, -0.15) is 8.78 Å². The molecule has 0 aromatic heterocycles. The van der Waals surface area contributed by atoms with Crippen LogP contribution in [0.15, 0.2) is 29.2 Å². The Kier molecular flexibility index (Phi) is 6.19. The first kappa shape index (κ1) is 14.5. The summed E-state index contributed by atoms with van der Waals surface area (Å²) < 4.78 is 24.6. The van der Waals surface area contributed by atoms with Crippen molar-refractivity contribution in [1.82, 2.24) is 5.32 Å². The van der Waals surface area contributed by atoms with E-state index in [4.69, 9.17) is 6.42 Å². The van der Waals surface area contributed by atoms with Crippen LogP contribution in [-0.4, -0.2) is 24.8 Å². The maximum atomic E-state index is 12.3. The lowest BCUT2D eigenvalue weighted by Crippen LogP contribution is -2.28. The minimum Gasteiger partial charge on any atom is -0.324 e. The van der Waals surface area contributed by atoms with Crippen LogP contribution in [0, 0.1) is 12.3 Å². The zero-order chi connectivity index (χ0) is 13.4. The zero-order valence-electron chi connectivity index (χ0n) is 9.45. The third kappa shape index (κ3) is 5.17. The van der Waals surface area contributed by atoms with Crippen molar-refractivity contribution in [3.63, 3.8) is 0 Å². The number of halogens is 2. The lowest BCUT2D eigenvalue weighted by atomic mass is 10.3. The lowest BCUT2D eigenvalue weighted by molar-refractivity contribution is -0.115. The van der Waals surface area contributed by atoms with Crippen molar-refractivity contribution in [2.24, 2.45) is 0 Å². The topological polar surface area (TPSA) is 41.1 Å². The molecule has 0 unspecified atom stereocenters. The van der Waals surface area contributed by atoms with Gasteiger partial charge >= 0.3 is 0 Å². The van der Waals surface area contributed by atoms with Crippen molar-refractivity contribution in [2.45, 2.75) is 10.7 Å². The van der Waals surface area contributed by atoms with E-state index >= 15 is 0 Å². The molecule has 6 heteroatoms. The molecule has 0 spiro atoms. The number of carbonyl (C=O) groups excluding carboxylic acids is 1. The van der Waals surface area contributed by atoms with E-state index in [1.54, 1.807) is 18.2 Å². The Balaban J connectivity index is 2.60. The Labute approximate surface area is 108 Å². The summed E-state index contributed by atoms with van der Waals surface area (Å²) >= 11 is 0.395. The first-order valence-corrected chi connectivity index (χ1v) is 5.99. The zero-order valence-corrected chi connectivity index (χ0v) is 10.3. The van der Waals surface area contributed by atoms with Crippen LogP contribution in [0.1, 0.15) is 0 Å². The first-order valence-electron chi connectivity index (χ1n) is 5.11. The molecule has 1 rings (SSSR count). The summed E-state index contributed by atoms with van der Waals surface area (Å²) in [5.74, 6) is -0.522. The molecule has 1 aromatic carbocycles. The number of thioether (sulfide) groups is 1. The maximum Gasteiger partial charge on any atom is 0.288 e. The molecule has 0 atom stereocenters. The number of para-hydroxylation sites is 1. The first-order chi connectivity index (χ1) is 8.63. The van der Waals surface area contributed by atoms with Gasteiger partial charge in [0.15, 0.2) is 0 Å². The number of hydrogen-bond acceptors (Lipinski definition) is 3. The van der Waals surface area contributed by atoms with Crippen LogP contribution in [-0.2, 0) is 4.79 Å². The molecule has 0 aliphatic heterocycles. The summed E-state index contributed by atoms with van der Waals surface area (Å²) in [6.45, 7) is 0.318. The molecule has 0 aliphatic carbocycles. The molecular weight excluding hydrogens is 258 g/mol. The quantitative estimate of drug-likeness (QED) is 0.473. The molecule has 0 fully saturated rings. The molecule has 96 valence electrons. The van der Waals surface area contributed by atoms with Gasteiger partial charge in [0.1, 0.15) is 0 Å². The second-order valence-electron chi connectivity index (χ2n) is 3.23. The highest BCUT2D eigenvalue weighted by atomic mass is 32.2. The molecule has 0 bridgehead atoms. The van der Waals surface area contributed by atoms with Crippen molar-refractivity contribution < 1.29 is 13.6 Å². The van der Waals surface area contributed by atoms with E-state index in [1.165, 1.54) is 6.07 Å². The number of alkyl halides is 2. The molecule has 2 N–H and O–H groups in total. The van der Waals surface area contributed by atoms with Crippen molar-refractivity contribution >= 4 is 23.4 Å². The summed E-state index contributed by atoms with van der Waals surface area (Å²) in [4.78, 5) is 11.8. The van der Waals surface area contributed by atoms with E-state index in [9.17, 15) is 13.6 Å². The smallest absolute Gasteiger partial charge is 0.288 e. The van der Waals surface area contributed by atoms with Gasteiger partial charge < -0.3 is 5.32 Å². The monoisotopic (exact) mass is 270 g/mol. The summed E-state index contributed by atoms with van der Waals surface area (Å²) in [5, 5.41) is 5.26. The Bertz CT molecular complexity index is 446. The summed E-state index contributed by atoms with van der Waals surface area (Å²) in [6, 6.07) is 6.40. The van der Waals surface area contributed by atoms with Gasteiger partial charge in [0.05, 0.1) is 18.8 Å². The van der Waals surface area contributed by atoms with Crippen LogP contribution >= 0.6 is 11.8 Å². The maximum absolute atomic E-state index is 12.3. The van der Waals surface area contributed by atoms with Gasteiger partial charge in [-0.15, -0.1) is 6.42 Å². The summed E-state index contributed by atoms with van der Waals surface area (Å²) in [5.41, 5.74) is 0.371. The highest BCUT2D eigenvalue weighted by Crippen LogP contribution is 2.31. The summed E-state index contributed by atoms with van der Waals surface area (Å²) in [7, 11) is 0. The molecule has 3 nitrogen and oxygen atoms in total. The molecule has 0 saturated heterocycles. The highest BCUT2D eigenvalue weighted by Gasteiger charge is 2.11. The van der Waals surface area contributed by atoms with Gasteiger partial charge in [-0.3, -0.25) is 10.1 Å². The van der Waals surface area contributed by atoms with E-state index in [2.05, 4.69) is 16.6 Å².